The lowest BCUT2D eigenvalue weighted by Crippen LogP contribution is -2.25. The summed E-state index contributed by atoms with van der Waals surface area (Å²) in [5.41, 5.74) is 1.60. The molecular weight excluding hydrogens is 293 g/mol. The largest absolute Gasteiger partial charge is 0.352 e. The third-order valence-corrected chi connectivity index (χ3v) is 3.68. The second kappa shape index (κ2) is 7.32. The highest BCUT2D eigenvalue weighted by molar-refractivity contribution is 6.33. The normalized spacial score (nSPS) is 10.3. The molecule has 2 aromatic rings. The van der Waals surface area contributed by atoms with Gasteiger partial charge in [0.1, 0.15) is 0 Å². The van der Waals surface area contributed by atoms with Crippen LogP contribution in [0.3, 0.4) is 0 Å². The van der Waals surface area contributed by atoms with Crippen LogP contribution < -0.4 is 5.32 Å². The molecule has 2 rings (SSSR count). The molecule has 0 atom stereocenters. The van der Waals surface area contributed by atoms with Crippen LogP contribution in [-0.2, 0) is 6.42 Å². The second-order valence-electron chi connectivity index (χ2n) is 4.43. The fourth-order valence-corrected chi connectivity index (χ4v) is 2.37. The number of amides is 1. The van der Waals surface area contributed by atoms with E-state index in [1.54, 1.807) is 24.3 Å². The third kappa shape index (κ3) is 3.99. The predicted octanol–water partition coefficient (Wildman–Crippen LogP) is 4.36. The summed E-state index contributed by atoms with van der Waals surface area (Å²) in [4.78, 5) is 11.9. The average molecular weight is 308 g/mol. The molecule has 2 aromatic carbocycles. The van der Waals surface area contributed by atoms with E-state index in [9.17, 15) is 4.79 Å². The van der Waals surface area contributed by atoms with Gasteiger partial charge in [0.15, 0.2) is 0 Å². The van der Waals surface area contributed by atoms with E-state index in [4.69, 9.17) is 23.2 Å². The first kappa shape index (κ1) is 14.9. The van der Waals surface area contributed by atoms with Crippen molar-refractivity contribution in [2.75, 3.05) is 6.54 Å². The fraction of sp³-hybridized carbons (Fsp3) is 0.188. The Morgan fingerprint density at radius 1 is 0.950 bits per heavy atom. The van der Waals surface area contributed by atoms with Crippen molar-refractivity contribution in [1.82, 2.24) is 5.32 Å². The van der Waals surface area contributed by atoms with E-state index in [1.807, 2.05) is 24.3 Å². The quantitative estimate of drug-likeness (QED) is 0.817. The van der Waals surface area contributed by atoms with Crippen LogP contribution in [0.2, 0.25) is 10.0 Å². The topological polar surface area (TPSA) is 29.1 Å². The highest BCUT2D eigenvalue weighted by Crippen LogP contribution is 2.17. The van der Waals surface area contributed by atoms with E-state index in [2.05, 4.69) is 5.32 Å². The van der Waals surface area contributed by atoms with Crippen molar-refractivity contribution in [2.45, 2.75) is 12.8 Å². The van der Waals surface area contributed by atoms with Gasteiger partial charge in [-0.2, -0.15) is 0 Å². The van der Waals surface area contributed by atoms with Crippen molar-refractivity contribution in [3.8, 4) is 0 Å². The van der Waals surface area contributed by atoms with E-state index >= 15 is 0 Å². The zero-order chi connectivity index (χ0) is 14.4. The summed E-state index contributed by atoms with van der Waals surface area (Å²) in [7, 11) is 0. The molecule has 0 heterocycles. The molecule has 0 aromatic heterocycles. The van der Waals surface area contributed by atoms with Crippen LogP contribution in [0.1, 0.15) is 22.3 Å². The molecule has 0 bridgehead atoms. The number of benzene rings is 2. The van der Waals surface area contributed by atoms with Crippen LogP contribution >= 0.6 is 23.2 Å². The van der Waals surface area contributed by atoms with Crippen molar-refractivity contribution in [2.24, 2.45) is 0 Å². The number of rotatable bonds is 5. The van der Waals surface area contributed by atoms with Gasteiger partial charge in [0.25, 0.3) is 5.91 Å². The van der Waals surface area contributed by atoms with Crippen molar-refractivity contribution in [1.29, 1.82) is 0 Å². The van der Waals surface area contributed by atoms with Gasteiger partial charge >= 0.3 is 0 Å². The minimum Gasteiger partial charge on any atom is -0.352 e. The van der Waals surface area contributed by atoms with Crippen LogP contribution in [0.25, 0.3) is 0 Å². The molecule has 1 amide bonds. The number of halogens is 2. The summed E-state index contributed by atoms with van der Waals surface area (Å²) in [6.07, 6.45) is 1.67. The van der Waals surface area contributed by atoms with Gasteiger partial charge in [0, 0.05) is 11.6 Å². The highest BCUT2D eigenvalue weighted by atomic mass is 35.5. The first-order chi connectivity index (χ1) is 9.68. The number of aryl methyl sites for hydroxylation is 1. The molecule has 20 heavy (non-hydrogen) atoms. The van der Waals surface area contributed by atoms with Crippen molar-refractivity contribution in [3.05, 3.63) is 69.7 Å². The zero-order valence-electron chi connectivity index (χ0n) is 10.9. The van der Waals surface area contributed by atoms with Gasteiger partial charge in [-0.05, 0) is 36.6 Å². The van der Waals surface area contributed by atoms with Gasteiger partial charge in [0.05, 0.1) is 10.6 Å². The van der Waals surface area contributed by atoms with Crippen LogP contribution in [0.15, 0.2) is 48.5 Å². The van der Waals surface area contributed by atoms with Crippen LogP contribution in [-0.4, -0.2) is 12.5 Å². The molecule has 2 nitrogen and oxygen atoms in total. The Morgan fingerprint density at radius 2 is 1.60 bits per heavy atom. The van der Waals surface area contributed by atoms with Crippen molar-refractivity contribution >= 4 is 29.1 Å². The van der Waals surface area contributed by atoms with E-state index in [0.717, 1.165) is 23.4 Å². The van der Waals surface area contributed by atoms with Gasteiger partial charge in [-0.15, -0.1) is 0 Å². The van der Waals surface area contributed by atoms with Crippen molar-refractivity contribution in [3.63, 3.8) is 0 Å². The maximum absolute atomic E-state index is 11.9. The SMILES string of the molecule is O=C(NCCCc1ccccc1Cl)c1ccccc1Cl. The maximum Gasteiger partial charge on any atom is 0.252 e. The molecule has 0 aliphatic heterocycles. The summed E-state index contributed by atoms with van der Waals surface area (Å²) in [6, 6.07) is 14.8. The lowest BCUT2D eigenvalue weighted by atomic mass is 10.1. The molecule has 4 heteroatoms. The van der Waals surface area contributed by atoms with Crippen LogP contribution in [0.4, 0.5) is 0 Å². The molecule has 0 spiro atoms. The second-order valence-corrected chi connectivity index (χ2v) is 5.25. The van der Waals surface area contributed by atoms with E-state index < -0.39 is 0 Å². The van der Waals surface area contributed by atoms with Gasteiger partial charge in [-0.3, -0.25) is 4.79 Å². The molecule has 0 radical (unpaired) electrons. The minimum atomic E-state index is -0.144. The molecule has 0 saturated carbocycles. The number of carbonyl (C=O) groups excluding carboxylic acids is 1. The number of hydrogen-bond acceptors (Lipinski definition) is 1. The Morgan fingerprint density at radius 3 is 2.30 bits per heavy atom. The molecule has 0 aliphatic rings. The Bertz CT molecular complexity index is 599. The summed E-state index contributed by atoms with van der Waals surface area (Å²) in [5, 5.41) is 4.10. The zero-order valence-corrected chi connectivity index (χ0v) is 12.4. The number of nitrogens with one attached hydrogen (secondary N) is 1. The third-order valence-electron chi connectivity index (χ3n) is 2.98. The van der Waals surface area contributed by atoms with E-state index in [1.165, 1.54) is 0 Å². The fourth-order valence-electron chi connectivity index (χ4n) is 1.92. The Labute approximate surface area is 128 Å². The van der Waals surface area contributed by atoms with Gasteiger partial charge in [-0.1, -0.05) is 53.5 Å². The Balaban J connectivity index is 1.81. The first-order valence-corrected chi connectivity index (χ1v) is 7.20. The summed E-state index contributed by atoms with van der Waals surface area (Å²) in [6.45, 7) is 0.593. The summed E-state index contributed by atoms with van der Waals surface area (Å²) < 4.78 is 0. The Kier molecular flexibility index (Phi) is 5.45. The molecule has 1 N–H and O–H groups in total. The standard InChI is InChI=1S/C16H15Cl2NO/c17-14-9-3-1-6-12(14)7-5-11-19-16(20)13-8-2-4-10-15(13)18/h1-4,6,8-10H,5,7,11H2,(H,19,20). The highest BCUT2D eigenvalue weighted by Gasteiger charge is 2.08. The molecular formula is C16H15Cl2NO. The van der Waals surface area contributed by atoms with E-state index in [-0.39, 0.29) is 5.91 Å². The monoisotopic (exact) mass is 307 g/mol. The first-order valence-electron chi connectivity index (χ1n) is 6.44. The lowest BCUT2D eigenvalue weighted by molar-refractivity contribution is 0.0953. The number of carbonyl (C=O) groups is 1. The smallest absolute Gasteiger partial charge is 0.252 e. The predicted molar refractivity (Wildman–Crippen MR) is 83.6 cm³/mol. The molecule has 104 valence electrons. The van der Waals surface area contributed by atoms with Gasteiger partial charge in [-0.25, -0.2) is 0 Å². The van der Waals surface area contributed by atoms with Crippen LogP contribution in [0.5, 0.6) is 0 Å². The molecule has 0 saturated heterocycles. The lowest BCUT2D eigenvalue weighted by Gasteiger charge is -2.07. The average Bonchev–Trinajstić information content (AvgIpc) is 2.45. The van der Waals surface area contributed by atoms with Gasteiger partial charge in [0.2, 0.25) is 0 Å². The summed E-state index contributed by atoms with van der Waals surface area (Å²) in [5.74, 6) is -0.144. The van der Waals surface area contributed by atoms with E-state index in [0.29, 0.717) is 17.1 Å². The van der Waals surface area contributed by atoms with Crippen molar-refractivity contribution < 1.29 is 4.79 Å². The molecule has 0 unspecified atom stereocenters. The number of hydrogen-bond donors (Lipinski definition) is 1. The Hall–Kier alpha value is -1.51. The minimum absolute atomic E-state index is 0.144. The van der Waals surface area contributed by atoms with Crippen LogP contribution in [0, 0.1) is 0 Å². The van der Waals surface area contributed by atoms with Gasteiger partial charge < -0.3 is 5.32 Å². The molecule has 0 fully saturated rings. The molecule has 0 aliphatic carbocycles. The summed E-state index contributed by atoms with van der Waals surface area (Å²) >= 11 is 12.0. The maximum atomic E-state index is 11.9.